The Kier molecular flexibility index (Phi) is 6.22. The summed E-state index contributed by atoms with van der Waals surface area (Å²) in [5.41, 5.74) is 5.85. The van der Waals surface area contributed by atoms with Crippen molar-refractivity contribution in [2.75, 3.05) is 26.0 Å². The number of ether oxygens (including phenoxy) is 1. The molecule has 6 nitrogen and oxygen atoms in total. The van der Waals surface area contributed by atoms with Crippen LogP contribution in [0.4, 0.5) is 0 Å². The molecule has 0 amide bonds. The normalized spacial score (nSPS) is 23.0. The topological polar surface area (TPSA) is 89.7 Å². The monoisotopic (exact) mass is 292 g/mol. The van der Waals surface area contributed by atoms with Gasteiger partial charge in [-0.2, -0.15) is 0 Å². The molecule has 0 aromatic rings. The maximum atomic E-state index is 12.2. The summed E-state index contributed by atoms with van der Waals surface area (Å²) in [6.45, 7) is 2.97. The molecular formula is C12H24N2O4S. The zero-order chi connectivity index (χ0) is 14.5. The first kappa shape index (κ1) is 16.4. The van der Waals surface area contributed by atoms with E-state index in [1.807, 2.05) is 6.92 Å². The first-order valence-corrected chi connectivity index (χ1v) is 8.28. The standard InChI is InChI=1S/C12H24N2O4S/c1-10(13)11-5-3-7-14(9-11)19(16,17)8-4-6-12(15)18-2/h10-11H,3-9,13H2,1-2H3. The van der Waals surface area contributed by atoms with E-state index in [0.29, 0.717) is 19.5 Å². The van der Waals surface area contributed by atoms with Crippen LogP contribution in [0.2, 0.25) is 0 Å². The Morgan fingerprint density at radius 2 is 2.21 bits per heavy atom. The number of carbonyl (C=O) groups excluding carboxylic acids is 1. The Labute approximate surface area is 115 Å². The molecule has 0 spiro atoms. The molecule has 1 fully saturated rings. The minimum absolute atomic E-state index is 0.00618. The molecule has 0 aliphatic carbocycles. The molecular weight excluding hydrogens is 268 g/mol. The Hall–Kier alpha value is -0.660. The van der Waals surface area contributed by atoms with Gasteiger partial charge in [0.15, 0.2) is 0 Å². The second kappa shape index (κ2) is 7.21. The minimum Gasteiger partial charge on any atom is -0.469 e. The summed E-state index contributed by atoms with van der Waals surface area (Å²) in [4.78, 5) is 11.0. The summed E-state index contributed by atoms with van der Waals surface area (Å²) in [6.07, 6.45) is 2.27. The van der Waals surface area contributed by atoms with Gasteiger partial charge in [-0.25, -0.2) is 12.7 Å². The van der Waals surface area contributed by atoms with Crippen LogP contribution in [0.25, 0.3) is 0 Å². The highest BCUT2D eigenvalue weighted by Gasteiger charge is 2.30. The molecule has 112 valence electrons. The van der Waals surface area contributed by atoms with Crippen molar-refractivity contribution >= 4 is 16.0 Å². The quantitative estimate of drug-likeness (QED) is 0.712. The highest BCUT2D eigenvalue weighted by atomic mass is 32.2. The van der Waals surface area contributed by atoms with Gasteiger partial charge in [-0.05, 0) is 32.1 Å². The lowest BCUT2D eigenvalue weighted by Crippen LogP contribution is -2.45. The van der Waals surface area contributed by atoms with Gasteiger partial charge in [0, 0.05) is 25.6 Å². The third-order valence-corrected chi connectivity index (χ3v) is 5.49. The second-order valence-corrected chi connectivity index (χ2v) is 7.20. The zero-order valence-electron chi connectivity index (χ0n) is 11.7. The van der Waals surface area contributed by atoms with Crippen LogP contribution in [0.15, 0.2) is 0 Å². The van der Waals surface area contributed by atoms with E-state index in [4.69, 9.17) is 5.73 Å². The van der Waals surface area contributed by atoms with E-state index in [-0.39, 0.29) is 30.1 Å². The fourth-order valence-corrected chi connectivity index (χ4v) is 3.88. The smallest absolute Gasteiger partial charge is 0.305 e. The molecule has 1 aliphatic heterocycles. The number of nitrogens with zero attached hydrogens (tertiary/aromatic N) is 1. The molecule has 1 saturated heterocycles. The van der Waals surface area contributed by atoms with Crippen LogP contribution in [0, 0.1) is 5.92 Å². The van der Waals surface area contributed by atoms with E-state index in [0.717, 1.165) is 12.8 Å². The fraction of sp³-hybridized carbons (Fsp3) is 0.917. The first-order chi connectivity index (χ1) is 8.86. The van der Waals surface area contributed by atoms with Gasteiger partial charge >= 0.3 is 5.97 Å². The van der Waals surface area contributed by atoms with Gasteiger partial charge in [0.2, 0.25) is 10.0 Å². The summed E-state index contributed by atoms with van der Waals surface area (Å²) in [5, 5.41) is 0. The van der Waals surface area contributed by atoms with Gasteiger partial charge in [0.1, 0.15) is 0 Å². The third-order valence-electron chi connectivity index (χ3n) is 3.57. The maximum Gasteiger partial charge on any atom is 0.305 e. The predicted molar refractivity (Wildman–Crippen MR) is 73.0 cm³/mol. The number of methoxy groups -OCH3 is 1. The summed E-state index contributed by atoms with van der Waals surface area (Å²) < 4.78 is 30.3. The summed E-state index contributed by atoms with van der Waals surface area (Å²) in [5.74, 6) is -0.153. The number of sulfonamides is 1. The lowest BCUT2D eigenvalue weighted by Gasteiger charge is -2.33. The number of piperidine rings is 1. The van der Waals surface area contributed by atoms with E-state index < -0.39 is 10.0 Å². The molecule has 1 rings (SSSR count). The number of carbonyl (C=O) groups is 1. The van der Waals surface area contributed by atoms with Crippen LogP contribution in [0.3, 0.4) is 0 Å². The van der Waals surface area contributed by atoms with Gasteiger partial charge in [-0.1, -0.05) is 0 Å². The molecule has 7 heteroatoms. The van der Waals surface area contributed by atoms with Crippen molar-refractivity contribution in [3.63, 3.8) is 0 Å². The molecule has 0 bridgehead atoms. The molecule has 0 aromatic carbocycles. The van der Waals surface area contributed by atoms with E-state index in [2.05, 4.69) is 4.74 Å². The summed E-state index contributed by atoms with van der Waals surface area (Å²) >= 11 is 0. The molecule has 1 aliphatic rings. The highest BCUT2D eigenvalue weighted by molar-refractivity contribution is 7.89. The largest absolute Gasteiger partial charge is 0.469 e. The Morgan fingerprint density at radius 3 is 2.79 bits per heavy atom. The van der Waals surface area contributed by atoms with Crippen molar-refractivity contribution in [3.8, 4) is 0 Å². The Balaban J connectivity index is 2.50. The Morgan fingerprint density at radius 1 is 1.53 bits per heavy atom. The van der Waals surface area contributed by atoms with Crippen LogP contribution in [-0.4, -0.2) is 50.7 Å². The number of nitrogens with two attached hydrogens (primary N) is 1. The van der Waals surface area contributed by atoms with Gasteiger partial charge in [0.05, 0.1) is 12.9 Å². The van der Waals surface area contributed by atoms with Gasteiger partial charge < -0.3 is 10.5 Å². The van der Waals surface area contributed by atoms with Crippen molar-refractivity contribution in [3.05, 3.63) is 0 Å². The van der Waals surface area contributed by atoms with Crippen molar-refractivity contribution in [2.45, 2.75) is 38.6 Å². The number of hydrogen-bond acceptors (Lipinski definition) is 5. The average Bonchev–Trinajstić information content (AvgIpc) is 2.38. The van der Waals surface area contributed by atoms with Gasteiger partial charge in [-0.15, -0.1) is 0 Å². The molecule has 2 atom stereocenters. The van der Waals surface area contributed by atoms with E-state index >= 15 is 0 Å². The molecule has 0 radical (unpaired) electrons. The molecule has 2 N–H and O–H groups in total. The van der Waals surface area contributed by atoms with E-state index in [1.54, 1.807) is 0 Å². The van der Waals surface area contributed by atoms with E-state index in [1.165, 1.54) is 11.4 Å². The van der Waals surface area contributed by atoms with Gasteiger partial charge in [-0.3, -0.25) is 4.79 Å². The van der Waals surface area contributed by atoms with Crippen molar-refractivity contribution in [2.24, 2.45) is 11.7 Å². The summed E-state index contributed by atoms with van der Waals surface area (Å²) in [6, 6.07) is 0.00747. The second-order valence-electron chi connectivity index (χ2n) is 5.12. The zero-order valence-corrected chi connectivity index (χ0v) is 12.5. The van der Waals surface area contributed by atoms with Crippen LogP contribution < -0.4 is 5.73 Å². The van der Waals surface area contributed by atoms with Crippen LogP contribution in [0.1, 0.15) is 32.6 Å². The van der Waals surface area contributed by atoms with Crippen LogP contribution >= 0.6 is 0 Å². The minimum atomic E-state index is -3.28. The molecule has 19 heavy (non-hydrogen) atoms. The third kappa shape index (κ3) is 5.08. The lowest BCUT2D eigenvalue weighted by atomic mass is 9.93. The highest BCUT2D eigenvalue weighted by Crippen LogP contribution is 2.21. The van der Waals surface area contributed by atoms with Crippen molar-refractivity contribution in [1.29, 1.82) is 0 Å². The Bertz CT molecular complexity index is 395. The van der Waals surface area contributed by atoms with Gasteiger partial charge in [0.25, 0.3) is 0 Å². The molecule has 2 unspecified atom stereocenters. The maximum absolute atomic E-state index is 12.2. The fourth-order valence-electron chi connectivity index (χ4n) is 2.29. The predicted octanol–water partition coefficient (Wildman–Crippen LogP) is 0.329. The average molecular weight is 292 g/mol. The van der Waals surface area contributed by atoms with Crippen molar-refractivity contribution < 1.29 is 17.9 Å². The molecule has 0 aromatic heterocycles. The SMILES string of the molecule is COC(=O)CCCS(=O)(=O)N1CCCC(C(C)N)C1. The first-order valence-electron chi connectivity index (χ1n) is 6.67. The van der Waals surface area contributed by atoms with Crippen LogP contribution in [-0.2, 0) is 19.6 Å². The summed E-state index contributed by atoms with van der Waals surface area (Å²) in [7, 11) is -1.98. The number of hydrogen-bond donors (Lipinski definition) is 1. The molecule has 1 heterocycles. The van der Waals surface area contributed by atoms with Crippen LogP contribution in [0.5, 0.6) is 0 Å². The number of rotatable bonds is 6. The lowest BCUT2D eigenvalue weighted by molar-refractivity contribution is -0.140. The molecule has 0 saturated carbocycles. The number of esters is 1. The van der Waals surface area contributed by atoms with Crippen molar-refractivity contribution in [1.82, 2.24) is 4.31 Å². The van der Waals surface area contributed by atoms with E-state index in [9.17, 15) is 13.2 Å².